The monoisotopic (exact) mass is 403 g/mol. The van der Waals surface area contributed by atoms with E-state index in [1.54, 1.807) is 0 Å². The van der Waals surface area contributed by atoms with E-state index in [0.29, 0.717) is 13.1 Å². The molecule has 0 aromatic heterocycles. The van der Waals surface area contributed by atoms with Gasteiger partial charge in [0.25, 0.3) is 0 Å². The average Bonchev–Trinajstić information content (AvgIpc) is 2.53. The summed E-state index contributed by atoms with van der Waals surface area (Å²) < 4.78 is 0. The number of nitrogens with zero attached hydrogens (tertiary/aromatic N) is 1. The molecule has 1 amide bonds. The zero-order chi connectivity index (χ0) is 17.5. The van der Waals surface area contributed by atoms with Crippen molar-refractivity contribution in [2.24, 2.45) is 17.8 Å². The highest BCUT2D eigenvalue weighted by Gasteiger charge is 2.21. The molecule has 0 spiro atoms. The second kappa shape index (κ2) is 12.6. The Morgan fingerprint density at radius 3 is 2.19 bits per heavy atom. The lowest BCUT2D eigenvalue weighted by Crippen LogP contribution is -2.38. The van der Waals surface area contributed by atoms with Crippen LogP contribution in [0.15, 0.2) is 24.3 Å². The van der Waals surface area contributed by atoms with Gasteiger partial charge in [0.2, 0.25) is 5.91 Å². The molecular formula is C20H35Cl2N3O. The van der Waals surface area contributed by atoms with Crippen molar-refractivity contribution in [1.82, 2.24) is 15.5 Å². The van der Waals surface area contributed by atoms with E-state index in [2.05, 4.69) is 53.6 Å². The van der Waals surface area contributed by atoms with E-state index in [1.807, 2.05) is 14.0 Å². The maximum absolute atomic E-state index is 11.9. The van der Waals surface area contributed by atoms with Crippen molar-refractivity contribution in [2.45, 2.75) is 40.3 Å². The van der Waals surface area contributed by atoms with E-state index in [0.717, 1.165) is 23.9 Å². The van der Waals surface area contributed by atoms with Gasteiger partial charge in [0.05, 0.1) is 0 Å². The SMILES string of the molecule is CNCC(C)C(=O)NCc1ccc(CN2CC(C)CC(C)C2)cc1.Cl.Cl. The lowest BCUT2D eigenvalue weighted by Gasteiger charge is -2.35. The minimum Gasteiger partial charge on any atom is -0.352 e. The van der Waals surface area contributed by atoms with Gasteiger partial charge in [0, 0.05) is 38.6 Å². The van der Waals surface area contributed by atoms with Crippen LogP contribution in [0, 0.1) is 17.8 Å². The molecule has 3 unspecified atom stereocenters. The number of nitrogens with one attached hydrogen (secondary N) is 2. The first-order valence-electron chi connectivity index (χ1n) is 9.20. The summed E-state index contributed by atoms with van der Waals surface area (Å²) in [6.07, 6.45) is 1.35. The third kappa shape index (κ3) is 8.26. The van der Waals surface area contributed by atoms with Gasteiger partial charge in [-0.15, -0.1) is 24.8 Å². The molecule has 1 aliphatic heterocycles. The Hall–Kier alpha value is -0.810. The molecule has 2 rings (SSSR count). The molecule has 4 nitrogen and oxygen atoms in total. The second-order valence-corrected chi connectivity index (χ2v) is 7.63. The third-order valence-corrected chi connectivity index (χ3v) is 4.80. The maximum atomic E-state index is 11.9. The molecule has 3 atom stereocenters. The van der Waals surface area contributed by atoms with Crippen LogP contribution in [0.2, 0.25) is 0 Å². The summed E-state index contributed by atoms with van der Waals surface area (Å²) >= 11 is 0. The van der Waals surface area contributed by atoms with Gasteiger partial charge in [-0.3, -0.25) is 9.69 Å². The summed E-state index contributed by atoms with van der Waals surface area (Å²) in [4.78, 5) is 14.5. The Labute approximate surface area is 171 Å². The molecule has 26 heavy (non-hydrogen) atoms. The molecule has 1 aromatic rings. The summed E-state index contributed by atoms with van der Waals surface area (Å²) in [6, 6.07) is 8.66. The quantitative estimate of drug-likeness (QED) is 0.732. The zero-order valence-electron chi connectivity index (χ0n) is 16.5. The highest BCUT2D eigenvalue weighted by atomic mass is 35.5. The Morgan fingerprint density at radius 1 is 1.12 bits per heavy atom. The van der Waals surface area contributed by atoms with Crippen molar-refractivity contribution in [3.63, 3.8) is 0 Å². The fourth-order valence-corrected chi connectivity index (χ4v) is 3.70. The molecule has 0 aliphatic carbocycles. The largest absolute Gasteiger partial charge is 0.352 e. The predicted molar refractivity (Wildman–Crippen MR) is 114 cm³/mol. The van der Waals surface area contributed by atoms with Crippen LogP contribution in [0.5, 0.6) is 0 Å². The second-order valence-electron chi connectivity index (χ2n) is 7.63. The summed E-state index contributed by atoms with van der Waals surface area (Å²) in [5.41, 5.74) is 2.51. The molecular weight excluding hydrogens is 369 g/mol. The lowest BCUT2D eigenvalue weighted by atomic mass is 9.91. The van der Waals surface area contributed by atoms with Crippen molar-refractivity contribution in [1.29, 1.82) is 0 Å². The van der Waals surface area contributed by atoms with Crippen LogP contribution >= 0.6 is 24.8 Å². The summed E-state index contributed by atoms with van der Waals surface area (Å²) in [7, 11) is 1.87. The van der Waals surface area contributed by atoms with E-state index < -0.39 is 0 Å². The lowest BCUT2D eigenvalue weighted by molar-refractivity contribution is -0.124. The molecule has 0 saturated carbocycles. The molecule has 6 heteroatoms. The maximum Gasteiger partial charge on any atom is 0.224 e. The fourth-order valence-electron chi connectivity index (χ4n) is 3.70. The van der Waals surface area contributed by atoms with Crippen LogP contribution in [0.4, 0.5) is 0 Å². The standard InChI is InChI=1S/C20H33N3O.2ClH/c1-15-9-16(2)13-23(12-15)14-19-7-5-18(6-8-19)11-22-20(24)17(3)10-21-4;;/h5-8,15-17,21H,9-14H2,1-4H3,(H,22,24);2*1H. The molecule has 1 fully saturated rings. The van der Waals surface area contributed by atoms with Crippen molar-refractivity contribution in [3.05, 3.63) is 35.4 Å². The van der Waals surface area contributed by atoms with Crippen molar-refractivity contribution in [3.8, 4) is 0 Å². The predicted octanol–water partition coefficient (Wildman–Crippen LogP) is 3.48. The number of amides is 1. The van der Waals surface area contributed by atoms with Gasteiger partial charge in [-0.25, -0.2) is 0 Å². The number of carbonyl (C=O) groups excluding carboxylic acids is 1. The summed E-state index contributed by atoms with van der Waals surface area (Å²) in [5.74, 6) is 1.69. The summed E-state index contributed by atoms with van der Waals surface area (Å²) in [6.45, 7) is 11.4. The number of hydrogen-bond donors (Lipinski definition) is 2. The van der Waals surface area contributed by atoms with E-state index in [4.69, 9.17) is 0 Å². The van der Waals surface area contributed by atoms with Gasteiger partial charge in [-0.2, -0.15) is 0 Å². The molecule has 0 bridgehead atoms. The molecule has 1 saturated heterocycles. The number of rotatable bonds is 7. The molecule has 150 valence electrons. The highest BCUT2D eigenvalue weighted by Crippen LogP contribution is 2.22. The number of likely N-dealkylation sites (tertiary alicyclic amines) is 1. The van der Waals surface area contributed by atoms with Gasteiger partial charge in [-0.05, 0) is 36.4 Å². The van der Waals surface area contributed by atoms with E-state index in [9.17, 15) is 4.79 Å². The Balaban J connectivity index is 0.00000312. The normalized spacial score (nSPS) is 21.2. The molecule has 1 aliphatic rings. The minimum atomic E-state index is -0.00245. The number of carbonyl (C=O) groups is 1. The van der Waals surface area contributed by atoms with Crippen LogP contribution in [0.3, 0.4) is 0 Å². The number of hydrogen-bond acceptors (Lipinski definition) is 3. The Morgan fingerprint density at radius 2 is 1.65 bits per heavy atom. The van der Waals surface area contributed by atoms with Gasteiger partial charge in [0.1, 0.15) is 0 Å². The van der Waals surface area contributed by atoms with Crippen LogP contribution in [0.1, 0.15) is 38.3 Å². The van der Waals surface area contributed by atoms with Crippen LogP contribution in [-0.2, 0) is 17.9 Å². The van der Waals surface area contributed by atoms with E-state index in [-0.39, 0.29) is 36.6 Å². The van der Waals surface area contributed by atoms with Crippen LogP contribution < -0.4 is 10.6 Å². The van der Waals surface area contributed by atoms with Crippen molar-refractivity contribution >= 4 is 30.7 Å². The molecule has 1 heterocycles. The van der Waals surface area contributed by atoms with E-state index >= 15 is 0 Å². The fraction of sp³-hybridized carbons (Fsp3) is 0.650. The highest BCUT2D eigenvalue weighted by molar-refractivity contribution is 5.85. The smallest absolute Gasteiger partial charge is 0.224 e. The molecule has 2 N–H and O–H groups in total. The van der Waals surface area contributed by atoms with Gasteiger partial charge < -0.3 is 10.6 Å². The summed E-state index contributed by atoms with van der Waals surface area (Å²) in [5, 5.41) is 6.04. The molecule has 0 radical (unpaired) electrons. The van der Waals surface area contributed by atoms with Gasteiger partial charge in [0.15, 0.2) is 0 Å². The van der Waals surface area contributed by atoms with Gasteiger partial charge >= 0.3 is 0 Å². The van der Waals surface area contributed by atoms with Crippen molar-refractivity contribution < 1.29 is 4.79 Å². The first-order valence-corrected chi connectivity index (χ1v) is 9.20. The topological polar surface area (TPSA) is 44.4 Å². The number of piperidine rings is 1. The number of benzene rings is 1. The van der Waals surface area contributed by atoms with Gasteiger partial charge in [-0.1, -0.05) is 45.0 Å². The average molecular weight is 404 g/mol. The number of halogens is 2. The van der Waals surface area contributed by atoms with Crippen LogP contribution in [0.25, 0.3) is 0 Å². The first-order chi connectivity index (χ1) is 11.5. The van der Waals surface area contributed by atoms with Crippen LogP contribution in [-0.4, -0.2) is 37.5 Å². The Bertz CT molecular complexity index is 514. The molecule has 1 aromatic carbocycles. The van der Waals surface area contributed by atoms with Crippen molar-refractivity contribution in [2.75, 3.05) is 26.7 Å². The minimum absolute atomic E-state index is 0. The first kappa shape index (κ1) is 25.2. The Kier molecular flexibility index (Phi) is 12.2. The zero-order valence-corrected chi connectivity index (χ0v) is 18.1. The van der Waals surface area contributed by atoms with E-state index in [1.165, 1.54) is 25.1 Å². The third-order valence-electron chi connectivity index (χ3n) is 4.80.